The largest absolute Gasteiger partial charge is 0.411 e. The van der Waals surface area contributed by atoms with Gasteiger partial charge in [-0.1, -0.05) is 5.16 Å². The van der Waals surface area contributed by atoms with Crippen LogP contribution in [0.15, 0.2) is 5.16 Å². The Morgan fingerprint density at radius 3 is 2.25 bits per heavy atom. The summed E-state index contributed by atoms with van der Waals surface area (Å²) in [5, 5.41) is 11.0. The highest BCUT2D eigenvalue weighted by Gasteiger charge is 1.93. The van der Waals surface area contributed by atoms with Gasteiger partial charge in [0.2, 0.25) is 0 Å². The molecule has 1 N–H and O–H groups in total. The number of halogens is 2. The molecule has 48 valence electrons. The fourth-order valence-electron chi connectivity index (χ4n) is 0.253. The Hall–Kier alpha value is 0.0500. The molecule has 8 heavy (non-hydrogen) atoms. The van der Waals surface area contributed by atoms with E-state index in [0.29, 0.717) is 18.0 Å². The summed E-state index contributed by atoms with van der Waals surface area (Å²) in [4.78, 5) is 0. The molecule has 0 saturated carbocycles. The average molecular weight is 156 g/mol. The predicted octanol–water partition coefficient (Wildman–Crippen LogP) is 1.68. The summed E-state index contributed by atoms with van der Waals surface area (Å²) in [6.07, 6.45) is 0.557. The quantitative estimate of drug-likeness (QED) is 0.286. The van der Waals surface area contributed by atoms with Crippen LogP contribution in [0.3, 0.4) is 0 Å². The van der Waals surface area contributed by atoms with Crippen LogP contribution in [0.1, 0.15) is 6.42 Å². The third-order valence-corrected chi connectivity index (χ3v) is 1.18. The lowest BCUT2D eigenvalue weighted by molar-refractivity contribution is 0.317. The molecule has 0 amide bonds. The van der Waals surface area contributed by atoms with Crippen molar-refractivity contribution in [1.82, 2.24) is 0 Å². The van der Waals surface area contributed by atoms with Crippen molar-refractivity contribution in [2.45, 2.75) is 6.42 Å². The summed E-state index contributed by atoms with van der Waals surface area (Å²) in [5.74, 6) is 0.704. The lowest BCUT2D eigenvalue weighted by atomic mass is 10.3. The van der Waals surface area contributed by atoms with Gasteiger partial charge in [-0.2, -0.15) is 0 Å². The molecule has 0 saturated heterocycles. The molecule has 0 heterocycles. The van der Waals surface area contributed by atoms with Crippen molar-refractivity contribution < 1.29 is 5.21 Å². The van der Waals surface area contributed by atoms with E-state index >= 15 is 0 Å². The van der Waals surface area contributed by atoms with E-state index in [9.17, 15) is 0 Å². The Balaban J connectivity index is 3.38. The van der Waals surface area contributed by atoms with Crippen molar-refractivity contribution in [2.24, 2.45) is 5.16 Å². The Morgan fingerprint density at radius 1 is 1.50 bits per heavy atom. The predicted molar refractivity (Wildman–Crippen MR) is 35.3 cm³/mol. The van der Waals surface area contributed by atoms with Crippen molar-refractivity contribution in [1.29, 1.82) is 0 Å². The van der Waals surface area contributed by atoms with Gasteiger partial charge in [0.1, 0.15) is 0 Å². The highest BCUT2D eigenvalue weighted by molar-refractivity contribution is 6.29. The van der Waals surface area contributed by atoms with Crippen LogP contribution in [0.5, 0.6) is 0 Å². The molecule has 0 unspecified atom stereocenters. The fourth-order valence-corrected chi connectivity index (χ4v) is 0.658. The molecule has 0 rings (SSSR count). The van der Waals surface area contributed by atoms with Gasteiger partial charge in [-0.25, -0.2) is 0 Å². The first-order valence-corrected chi connectivity index (χ1v) is 3.23. The van der Waals surface area contributed by atoms with Crippen molar-refractivity contribution in [3.63, 3.8) is 0 Å². The Labute approximate surface area is 58.1 Å². The molecular weight excluding hydrogens is 149 g/mol. The Bertz CT molecular complexity index is 84.1. The van der Waals surface area contributed by atoms with Crippen molar-refractivity contribution >= 4 is 28.9 Å². The Kier molecular flexibility index (Phi) is 5.22. The van der Waals surface area contributed by atoms with Crippen LogP contribution in [0.25, 0.3) is 0 Å². The van der Waals surface area contributed by atoms with Gasteiger partial charge >= 0.3 is 0 Å². The molecule has 0 radical (unpaired) electrons. The number of alkyl halides is 2. The third kappa shape index (κ3) is 3.10. The number of nitrogens with zero attached hydrogens (tertiary/aromatic N) is 1. The molecule has 0 fully saturated rings. The van der Waals surface area contributed by atoms with Crippen molar-refractivity contribution in [3.8, 4) is 0 Å². The van der Waals surface area contributed by atoms with Crippen LogP contribution in [0, 0.1) is 0 Å². The van der Waals surface area contributed by atoms with Gasteiger partial charge in [0.05, 0.1) is 11.6 Å². The van der Waals surface area contributed by atoms with E-state index in [-0.39, 0.29) is 5.88 Å². The molecule has 2 nitrogen and oxygen atoms in total. The van der Waals surface area contributed by atoms with E-state index in [1.54, 1.807) is 0 Å². The highest BCUT2D eigenvalue weighted by atomic mass is 35.5. The van der Waals surface area contributed by atoms with Crippen LogP contribution >= 0.6 is 23.2 Å². The fraction of sp³-hybridized carbons (Fsp3) is 0.750. The van der Waals surface area contributed by atoms with Gasteiger partial charge in [0.25, 0.3) is 0 Å². The van der Waals surface area contributed by atoms with E-state index < -0.39 is 0 Å². The molecule has 0 aromatic heterocycles. The first kappa shape index (κ1) is 8.05. The molecular formula is C4H7Cl2NO. The molecule has 0 aromatic carbocycles. The zero-order valence-electron chi connectivity index (χ0n) is 4.27. The minimum Gasteiger partial charge on any atom is -0.411 e. The Morgan fingerprint density at radius 2 is 2.12 bits per heavy atom. The molecule has 0 bridgehead atoms. The SMILES string of the molecule is ON=C(CCl)CCCl. The summed E-state index contributed by atoms with van der Waals surface area (Å²) in [7, 11) is 0. The van der Waals surface area contributed by atoms with Gasteiger partial charge in [-0.15, -0.1) is 23.2 Å². The molecule has 4 heteroatoms. The zero-order valence-corrected chi connectivity index (χ0v) is 5.78. The lowest BCUT2D eigenvalue weighted by Gasteiger charge is -1.91. The monoisotopic (exact) mass is 155 g/mol. The van der Waals surface area contributed by atoms with E-state index in [0.717, 1.165) is 0 Å². The van der Waals surface area contributed by atoms with Crippen molar-refractivity contribution in [2.75, 3.05) is 11.8 Å². The van der Waals surface area contributed by atoms with Crippen molar-refractivity contribution in [3.05, 3.63) is 0 Å². The van der Waals surface area contributed by atoms with Gasteiger partial charge in [0.15, 0.2) is 0 Å². The lowest BCUT2D eigenvalue weighted by Crippen LogP contribution is -1.99. The highest BCUT2D eigenvalue weighted by Crippen LogP contribution is 1.91. The topological polar surface area (TPSA) is 32.6 Å². The number of oxime groups is 1. The minimum atomic E-state index is 0.253. The second kappa shape index (κ2) is 5.19. The maximum Gasteiger partial charge on any atom is 0.0729 e. The van der Waals surface area contributed by atoms with E-state index in [2.05, 4.69) is 5.16 Å². The van der Waals surface area contributed by atoms with Gasteiger partial charge < -0.3 is 5.21 Å². The molecule has 0 aliphatic rings. The third-order valence-electron chi connectivity index (χ3n) is 0.679. The summed E-state index contributed by atoms with van der Waals surface area (Å²) in [6, 6.07) is 0. The summed E-state index contributed by atoms with van der Waals surface area (Å²) < 4.78 is 0. The summed E-state index contributed by atoms with van der Waals surface area (Å²) >= 11 is 10.6. The summed E-state index contributed by atoms with van der Waals surface area (Å²) in [6.45, 7) is 0. The van der Waals surface area contributed by atoms with Gasteiger partial charge in [-0.05, 0) is 0 Å². The van der Waals surface area contributed by atoms with Gasteiger partial charge in [-0.3, -0.25) is 0 Å². The summed E-state index contributed by atoms with van der Waals surface area (Å²) in [5.41, 5.74) is 0.529. The minimum absolute atomic E-state index is 0.253. The molecule has 0 spiro atoms. The van der Waals surface area contributed by atoms with Crippen LogP contribution in [-0.2, 0) is 0 Å². The maximum atomic E-state index is 8.10. The van der Waals surface area contributed by atoms with E-state index in [1.165, 1.54) is 0 Å². The van der Waals surface area contributed by atoms with E-state index in [4.69, 9.17) is 28.4 Å². The van der Waals surface area contributed by atoms with Crippen LogP contribution in [-0.4, -0.2) is 22.7 Å². The van der Waals surface area contributed by atoms with Gasteiger partial charge in [0, 0.05) is 12.3 Å². The first-order valence-electron chi connectivity index (χ1n) is 2.17. The maximum absolute atomic E-state index is 8.10. The normalized spacial score (nSPS) is 12.0. The van der Waals surface area contributed by atoms with Crippen LogP contribution in [0.2, 0.25) is 0 Å². The second-order valence-corrected chi connectivity index (χ2v) is 1.88. The van der Waals surface area contributed by atoms with E-state index in [1.807, 2.05) is 0 Å². The van der Waals surface area contributed by atoms with Crippen LogP contribution in [0.4, 0.5) is 0 Å². The number of hydrogen-bond acceptors (Lipinski definition) is 2. The standard InChI is InChI=1S/C4H7Cl2NO/c5-2-1-4(3-6)7-8/h8H,1-3H2. The average Bonchev–Trinajstić information content (AvgIpc) is 1.83. The number of hydrogen-bond donors (Lipinski definition) is 1. The zero-order chi connectivity index (χ0) is 6.41. The molecule has 0 atom stereocenters. The molecule has 0 aliphatic carbocycles. The molecule has 0 aromatic rings. The molecule has 0 aliphatic heterocycles. The second-order valence-electron chi connectivity index (χ2n) is 1.24. The number of rotatable bonds is 3. The van der Waals surface area contributed by atoms with Crippen LogP contribution < -0.4 is 0 Å². The smallest absolute Gasteiger partial charge is 0.0729 e. The first-order chi connectivity index (χ1) is 3.85.